The number of hydrogen-bond donors (Lipinski definition) is 2. The Morgan fingerprint density at radius 3 is 2.83 bits per heavy atom. The molecule has 0 bridgehead atoms. The lowest BCUT2D eigenvalue weighted by Crippen LogP contribution is -1.99. The van der Waals surface area contributed by atoms with Gasteiger partial charge in [-0.05, 0) is 30.3 Å². The van der Waals surface area contributed by atoms with Gasteiger partial charge in [-0.1, -0.05) is 12.1 Å². The summed E-state index contributed by atoms with van der Waals surface area (Å²) in [6.07, 6.45) is 1.78. The summed E-state index contributed by atoms with van der Waals surface area (Å²) < 4.78 is 10.8. The van der Waals surface area contributed by atoms with Gasteiger partial charge in [-0.15, -0.1) is 0 Å². The van der Waals surface area contributed by atoms with E-state index in [2.05, 4.69) is 21.6 Å². The molecule has 0 amide bonds. The fraction of sp³-hybridized carbons (Fsp3) is 0.111. The fourth-order valence-electron chi connectivity index (χ4n) is 2.79. The normalized spacial score (nSPS) is 10.9. The number of aromatic amines is 1. The van der Waals surface area contributed by atoms with Crippen molar-refractivity contribution in [3.05, 3.63) is 48.7 Å². The summed E-state index contributed by atoms with van der Waals surface area (Å²) in [6, 6.07) is 14.3. The Bertz CT molecular complexity index is 1030. The van der Waals surface area contributed by atoms with Crippen LogP contribution in [0, 0.1) is 6.07 Å². The van der Waals surface area contributed by atoms with E-state index in [4.69, 9.17) is 14.5 Å². The molecule has 0 aliphatic carbocycles. The molecule has 0 aliphatic rings. The van der Waals surface area contributed by atoms with Crippen LogP contribution >= 0.6 is 0 Å². The van der Waals surface area contributed by atoms with Gasteiger partial charge in [-0.25, -0.2) is 4.98 Å². The summed E-state index contributed by atoms with van der Waals surface area (Å²) in [7, 11) is 3.27. The zero-order valence-corrected chi connectivity index (χ0v) is 13.3. The molecule has 0 saturated carbocycles. The Balaban J connectivity index is 1.94. The number of hydrogen-bond acceptors (Lipinski definition) is 5. The van der Waals surface area contributed by atoms with Gasteiger partial charge in [-0.3, -0.25) is 5.10 Å². The second-order valence-electron chi connectivity index (χ2n) is 5.22. The molecule has 2 N–H and O–H groups in total. The predicted molar refractivity (Wildman–Crippen MR) is 93.1 cm³/mol. The van der Waals surface area contributed by atoms with E-state index in [1.807, 2.05) is 30.3 Å². The summed E-state index contributed by atoms with van der Waals surface area (Å²) >= 11 is 0. The number of rotatable bonds is 4. The highest BCUT2D eigenvalue weighted by Gasteiger charge is 2.14. The number of nitrogens with zero attached hydrogens (tertiary/aromatic N) is 2. The minimum Gasteiger partial charge on any atom is -0.496 e. The highest BCUT2D eigenvalue weighted by Crippen LogP contribution is 2.36. The Hall–Kier alpha value is -3.28. The van der Waals surface area contributed by atoms with Crippen LogP contribution in [-0.2, 0) is 0 Å². The average Bonchev–Trinajstić information content (AvgIpc) is 3.11. The number of fused-ring (bicyclic) bond motifs is 3. The molecule has 0 saturated heterocycles. The van der Waals surface area contributed by atoms with Gasteiger partial charge in [0.05, 0.1) is 37.0 Å². The molecule has 2 aromatic heterocycles. The van der Waals surface area contributed by atoms with Gasteiger partial charge in [0.1, 0.15) is 17.0 Å². The van der Waals surface area contributed by atoms with Gasteiger partial charge >= 0.3 is 0 Å². The van der Waals surface area contributed by atoms with Crippen molar-refractivity contribution in [2.24, 2.45) is 0 Å². The number of nitrogens with one attached hydrogen (secondary N) is 2. The topological polar surface area (TPSA) is 72.1 Å². The molecule has 2 aromatic carbocycles. The molecule has 6 heteroatoms. The lowest BCUT2D eigenvalue weighted by Gasteiger charge is -2.13. The second kappa shape index (κ2) is 5.73. The molecular weight excluding hydrogens is 304 g/mol. The molecule has 4 aromatic rings. The maximum atomic E-state index is 5.47. The molecule has 0 fully saturated rings. The minimum atomic E-state index is 0.674. The average molecular weight is 319 g/mol. The minimum absolute atomic E-state index is 0.674. The monoisotopic (exact) mass is 319 g/mol. The van der Waals surface area contributed by atoms with E-state index in [0.29, 0.717) is 11.6 Å². The number of methoxy groups -OCH3 is 2. The van der Waals surface area contributed by atoms with E-state index in [0.717, 1.165) is 33.2 Å². The van der Waals surface area contributed by atoms with E-state index in [-0.39, 0.29) is 0 Å². The van der Waals surface area contributed by atoms with Crippen molar-refractivity contribution in [1.82, 2.24) is 15.2 Å². The second-order valence-corrected chi connectivity index (χ2v) is 5.22. The molecule has 0 spiro atoms. The van der Waals surface area contributed by atoms with Crippen LogP contribution in [0.4, 0.5) is 11.5 Å². The molecular formula is C18H15N4O2. The molecule has 6 nitrogen and oxygen atoms in total. The van der Waals surface area contributed by atoms with E-state index < -0.39 is 0 Å². The molecule has 4 rings (SSSR count). The maximum Gasteiger partial charge on any atom is 0.157 e. The quantitative estimate of drug-likeness (QED) is 0.600. The van der Waals surface area contributed by atoms with Crippen LogP contribution in [0.5, 0.6) is 11.5 Å². The smallest absolute Gasteiger partial charge is 0.157 e. The van der Waals surface area contributed by atoms with Gasteiger partial charge < -0.3 is 14.8 Å². The van der Waals surface area contributed by atoms with E-state index in [1.54, 1.807) is 26.5 Å². The highest BCUT2D eigenvalue weighted by molar-refractivity contribution is 6.11. The standard InChI is InChI=1S/C18H15N4O2/c1-23-14-8-4-3-6-12(14)20-18-17-11(10-19-22-17)16-13(21-18)7-5-9-15(16)24-2/h3,5-10H,1-2H3,(H,19,22)(H,20,21). The first kappa shape index (κ1) is 14.3. The molecule has 2 heterocycles. The van der Waals surface area contributed by atoms with Gasteiger partial charge in [0, 0.05) is 5.39 Å². The third kappa shape index (κ3) is 2.20. The number of ether oxygens (including phenoxy) is 2. The Labute approximate surface area is 138 Å². The van der Waals surface area contributed by atoms with Crippen LogP contribution in [0.3, 0.4) is 0 Å². The number of pyridine rings is 1. The molecule has 119 valence electrons. The van der Waals surface area contributed by atoms with Gasteiger partial charge in [0.2, 0.25) is 0 Å². The zero-order chi connectivity index (χ0) is 16.5. The van der Waals surface area contributed by atoms with Crippen molar-refractivity contribution in [1.29, 1.82) is 0 Å². The van der Waals surface area contributed by atoms with Crippen LogP contribution in [0.25, 0.3) is 21.8 Å². The predicted octanol–water partition coefficient (Wildman–Crippen LogP) is 3.67. The fourth-order valence-corrected chi connectivity index (χ4v) is 2.79. The first-order valence-electron chi connectivity index (χ1n) is 7.42. The zero-order valence-electron chi connectivity index (χ0n) is 13.3. The maximum absolute atomic E-state index is 5.47. The van der Waals surface area contributed by atoms with E-state index >= 15 is 0 Å². The van der Waals surface area contributed by atoms with Crippen molar-refractivity contribution >= 4 is 33.3 Å². The van der Waals surface area contributed by atoms with Crippen molar-refractivity contribution < 1.29 is 9.47 Å². The third-order valence-corrected chi connectivity index (χ3v) is 3.90. The van der Waals surface area contributed by atoms with Gasteiger partial charge in [-0.2, -0.15) is 5.10 Å². The van der Waals surface area contributed by atoms with E-state index in [9.17, 15) is 0 Å². The van der Waals surface area contributed by atoms with Crippen molar-refractivity contribution in [3.63, 3.8) is 0 Å². The highest BCUT2D eigenvalue weighted by atomic mass is 16.5. The number of benzene rings is 2. The Morgan fingerprint density at radius 2 is 2.00 bits per heavy atom. The van der Waals surface area contributed by atoms with Crippen molar-refractivity contribution in [2.75, 3.05) is 19.5 Å². The molecule has 0 unspecified atom stereocenters. The SMILES string of the molecule is COc1c[c]ccc1Nc1nc2cccc(OC)c2c2cn[nH]c12. The van der Waals surface area contributed by atoms with Crippen LogP contribution < -0.4 is 14.8 Å². The summed E-state index contributed by atoms with van der Waals surface area (Å²) in [5, 5.41) is 12.4. The largest absolute Gasteiger partial charge is 0.496 e. The summed E-state index contributed by atoms with van der Waals surface area (Å²) in [6.45, 7) is 0. The van der Waals surface area contributed by atoms with Crippen molar-refractivity contribution in [2.45, 2.75) is 0 Å². The van der Waals surface area contributed by atoms with Crippen LogP contribution in [0.2, 0.25) is 0 Å². The lowest BCUT2D eigenvalue weighted by atomic mass is 10.1. The number of anilines is 2. The number of H-pyrrole nitrogens is 1. The summed E-state index contributed by atoms with van der Waals surface area (Å²) in [5.74, 6) is 2.13. The first-order valence-corrected chi connectivity index (χ1v) is 7.42. The Morgan fingerprint density at radius 1 is 1.12 bits per heavy atom. The van der Waals surface area contributed by atoms with Crippen molar-refractivity contribution in [3.8, 4) is 11.5 Å². The molecule has 1 radical (unpaired) electrons. The lowest BCUT2D eigenvalue weighted by molar-refractivity contribution is 0.416. The first-order chi connectivity index (χ1) is 11.8. The summed E-state index contributed by atoms with van der Waals surface area (Å²) in [4.78, 5) is 4.73. The Kier molecular flexibility index (Phi) is 3.42. The van der Waals surface area contributed by atoms with E-state index in [1.165, 1.54) is 0 Å². The van der Waals surface area contributed by atoms with Gasteiger partial charge in [0.25, 0.3) is 0 Å². The van der Waals surface area contributed by atoms with Crippen LogP contribution in [-0.4, -0.2) is 29.4 Å². The van der Waals surface area contributed by atoms with Gasteiger partial charge in [0.15, 0.2) is 5.82 Å². The summed E-state index contributed by atoms with van der Waals surface area (Å²) in [5.41, 5.74) is 2.44. The molecule has 0 atom stereocenters. The third-order valence-electron chi connectivity index (χ3n) is 3.90. The molecule has 24 heavy (non-hydrogen) atoms. The molecule has 0 aliphatic heterocycles. The number of aromatic nitrogens is 3. The van der Waals surface area contributed by atoms with Crippen LogP contribution in [0.1, 0.15) is 0 Å². The van der Waals surface area contributed by atoms with Crippen LogP contribution in [0.15, 0.2) is 42.6 Å².